The predicted molar refractivity (Wildman–Crippen MR) is 59.5 cm³/mol. The van der Waals surface area contributed by atoms with Crippen LogP contribution in [0.5, 0.6) is 0 Å². The second kappa shape index (κ2) is 6.06. The molecule has 0 radical (unpaired) electrons. The Labute approximate surface area is 90.2 Å². The Morgan fingerprint density at radius 2 is 2.33 bits per heavy atom. The fraction of sp³-hybridized carbons (Fsp3) is 0.417. The van der Waals surface area contributed by atoms with Crippen LogP contribution in [0.15, 0.2) is 35.0 Å². The van der Waals surface area contributed by atoms with E-state index in [-0.39, 0.29) is 5.91 Å². The molecule has 1 amide bonds. The largest absolute Gasteiger partial charge is 0.469 e. The zero-order valence-electron chi connectivity index (χ0n) is 9.08. The average molecular weight is 207 g/mol. The van der Waals surface area contributed by atoms with Gasteiger partial charge in [-0.1, -0.05) is 6.58 Å². The van der Waals surface area contributed by atoms with E-state index in [1.54, 1.807) is 13.2 Å². The SMILES string of the molecule is C=C(C)C(=O)NCCCCc1ccco1. The van der Waals surface area contributed by atoms with Crippen molar-refractivity contribution < 1.29 is 9.21 Å². The summed E-state index contributed by atoms with van der Waals surface area (Å²) in [6.07, 6.45) is 4.58. The minimum Gasteiger partial charge on any atom is -0.469 e. The molecule has 82 valence electrons. The number of unbranched alkanes of at least 4 members (excludes halogenated alkanes) is 1. The van der Waals surface area contributed by atoms with Crippen LogP contribution in [0.1, 0.15) is 25.5 Å². The standard InChI is InChI=1S/C12H17NO2/c1-10(2)12(14)13-8-4-3-6-11-7-5-9-15-11/h5,7,9H,1,3-4,6,8H2,2H3,(H,13,14). The number of rotatable bonds is 6. The van der Waals surface area contributed by atoms with E-state index < -0.39 is 0 Å². The smallest absolute Gasteiger partial charge is 0.246 e. The number of carbonyl (C=O) groups excluding carboxylic acids is 1. The molecule has 3 heteroatoms. The van der Waals surface area contributed by atoms with Crippen molar-refractivity contribution in [3.63, 3.8) is 0 Å². The molecule has 0 aliphatic carbocycles. The molecular weight excluding hydrogens is 190 g/mol. The summed E-state index contributed by atoms with van der Waals surface area (Å²) in [6, 6.07) is 3.85. The summed E-state index contributed by atoms with van der Waals surface area (Å²) in [5.41, 5.74) is 0.557. The van der Waals surface area contributed by atoms with Gasteiger partial charge in [0.15, 0.2) is 0 Å². The second-order valence-corrected chi connectivity index (χ2v) is 3.57. The van der Waals surface area contributed by atoms with E-state index in [0.29, 0.717) is 12.1 Å². The third kappa shape index (κ3) is 4.49. The summed E-state index contributed by atoms with van der Waals surface area (Å²) in [4.78, 5) is 11.1. The normalized spacial score (nSPS) is 9.93. The highest BCUT2D eigenvalue weighted by molar-refractivity contribution is 5.91. The molecule has 0 saturated heterocycles. The van der Waals surface area contributed by atoms with Gasteiger partial charge in [0.25, 0.3) is 0 Å². The fourth-order valence-electron chi connectivity index (χ4n) is 1.23. The van der Waals surface area contributed by atoms with Crippen LogP contribution in [-0.2, 0) is 11.2 Å². The Bertz CT molecular complexity index is 314. The number of hydrogen-bond donors (Lipinski definition) is 1. The second-order valence-electron chi connectivity index (χ2n) is 3.57. The van der Waals surface area contributed by atoms with Crippen molar-refractivity contribution in [3.05, 3.63) is 36.3 Å². The van der Waals surface area contributed by atoms with Gasteiger partial charge >= 0.3 is 0 Å². The maximum Gasteiger partial charge on any atom is 0.246 e. The molecule has 1 aromatic rings. The number of furan rings is 1. The lowest BCUT2D eigenvalue weighted by Gasteiger charge is -2.03. The summed E-state index contributed by atoms with van der Waals surface area (Å²) in [6.45, 7) is 5.97. The van der Waals surface area contributed by atoms with Crippen LogP contribution >= 0.6 is 0 Å². The van der Waals surface area contributed by atoms with Gasteiger partial charge in [0.2, 0.25) is 5.91 Å². The summed E-state index contributed by atoms with van der Waals surface area (Å²) in [7, 11) is 0. The molecule has 0 atom stereocenters. The van der Waals surface area contributed by atoms with Crippen LogP contribution in [0.2, 0.25) is 0 Å². The highest BCUT2D eigenvalue weighted by Crippen LogP contribution is 2.04. The molecule has 0 bridgehead atoms. The van der Waals surface area contributed by atoms with Crippen molar-refractivity contribution >= 4 is 5.91 Å². The first-order valence-corrected chi connectivity index (χ1v) is 5.16. The third-order valence-electron chi connectivity index (χ3n) is 2.10. The Hall–Kier alpha value is -1.51. The summed E-state index contributed by atoms with van der Waals surface area (Å²) in [5.74, 6) is 0.939. The van der Waals surface area contributed by atoms with Gasteiger partial charge in [0.1, 0.15) is 5.76 Å². The summed E-state index contributed by atoms with van der Waals surface area (Å²) >= 11 is 0. The summed E-state index contributed by atoms with van der Waals surface area (Å²) in [5, 5.41) is 2.79. The topological polar surface area (TPSA) is 42.2 Å². The Kier molecular flexibility index (Phi) is 4.68. The third-order valence-corrected chi connectivity index (χ3v) is 2.10. The predicted octanol–water partition coefficient (Wildman–Crippen LogP) is 2.29. The van der Waals surface area contributed by atoms with Gasteiger partial charge < -0.3 is 9.73 Å². The lowest BCUT2D eigenvalue weighted by atomic mass is 10.2. The summed E-state index contributed by atoms with van der Waals surface area (Å²) < 4.78 is 5.20. The Morgan fingerprint density at radius 3 is 2.93 bits per heavy atom. The van der Waals surface area contributed by atoms with Gasteiger partial charge in [-0.25, -0.2) is 0 Å². The van der Waals surface area contributed by atoms with Crippen LogP contribution in [0.4, 0.5) is 0 Å². The number of nitrogens with one attached hydrogen (secondary N) is 1. The molecule has 0 aliphatic heterocycles. The molecule has 0 saturated carbocycles. The first kappa shape index (κ1) is 11.6. The van der Waals surface area contributed by atoms with Crippen molar-refractivity contribution in [3.8, 4) is 0 Å². The number of carbonyl (C=O) groups is 1. The molecule has 0 aliphatic rings. The molecule has 3 nitrogen and oxygen atoms in total. The van der Waals surface area contributed by atoms with E-state index in [0.717, 1.165) is 25.0 Å². The molecule has 1 N–H and O–H groups in total. The fourth-order valence-corrected chi connectivity index (χ4v) is 1.23. The monoisotopic (exact) mass is 207 g/mol. The highest BCUT2D eigenvalue weighted by atomic mass is 16.3. The first-order valence-electron chi connectivity index (χ1n) is 5.16. The van der Waals surface area contributed by atoms with E-state index in [2.05, 4.69) is 11.9 Å². The quantitative estimate of drug-likeness (QED) is 0.574. The van der Waals surface area contributed by atoms with Crippen LogP contribution in [0.3, 0.4) is 0 Å². The maximum absolute atomic E-state index is 11.1. The minimum atomic E-state index is -0.0620. The van der Waals surface area contributed by atoms with E-state index >= 15 is 0 Å². The molecule has 1 aromatic heterocycles. The van der Waals surface area contributed by atoms with Crippen LogP contribution in [0.25, 0.3) is 0 Å². The number of aryl methyl sites for hydroxylation is 1. The van der Waals surface area contributed by atoms with Gasteiger partial charge in [-0.2, -0.15) is 0 Å². The van der Waals surface area contributed by atoms with E-state index in [1.165, 1.54) is 0 Å². The van der Waals surface area contributed by atoms with Gasteiger partial charge in [-0.05, 0) is 31.9 Å². The number of amides is 1. The van der Waals surface area contributed by atoms with Crippen molar-refractivity contribution in [1.29, 1.82) is 0 Å². The molecule has 0 aromatic carbocycles. The molecular formula is C12H17NO2. The minimum absolute atomic E-state index is 0.0620. The van der Waals surface area contributed by atoms with E-state index in [9.17, 15) is 4.79 Å². The lowest BCUT2D eigenvalue weighted by Crippen LogP contribution is -2.24. The van der Waals surface area contributed by atoms with Gasteiger partial charge in [-0.3, -0.25) is 4.79 Å². The Balaban J connectivity index is 2.03. The van der Waals surface area contributed by atoms with E-state index in [1.807, 2.05) is 12.1 Å². The molecule has 0 unspecified atom stereocenters. The lowest BCUT2D eigenvalue weighted by molar-refractivity contribution is -0.117. The van der Waals surface area contributed by atoms with Crippen LogP contribution < -0.4 is 5.32 Å². The van der Waals surface area contributed by atoms with Crippen molar-refractivity contribution in [2.24, 2.45) is 0 Å². The van der Waals surface area contributed by atoms with Crippen molar-refractivity contribution in [1.82, 2.24) is 5.32 Å². The maximum atomic E-state index is 11.1. The van der Waals surface area contributed by atoms with Gasteiger partial charge in [0, 0.05) is 18.5 Å². The average Bonchev–Trinajstić information content (AvgIpc) is 2.69. The van der Waals surface area contributed by atoms with Crippen molar-refractivity contribution in [2.45, 2.75) is 26.2 Å². The first-order chi connectivity index (χ1) is 7.20. The van der Waals surface area contributed by atoms with Crippen molar-refractivity contribution in [2.75, 3.05) is 6.54 Å². The molecule has 15 heavy (non-hydrogen) atoms. The molecule has 1 rings (SSSR count). The Morgan fingerprint density at radius 1 is 1.53 bits per heavy atom. The van der Waals surface area contributed by atoms with Gasteiger partial charge in [-0.15, -0.1) is 0 Å². The highest BCUT2D eigenvalue weighted by Gasteiger charge is 2.00. The van der Waals surface area contributed by atoms with Crippen LogP contribution in [-0.4, -0.2) is 12.5 Å². The molecule has 0 fully saturated rings. The molecule has 1 heterocycles. The zero-order chi connectivity index (χ0) is 11.1. The van der Waals surface area contributed by atoms with Crippen LogP contribution in [0, 0.1) is 0 Å². The van der Waals surface area contributed by atoms with E-state index in [4.69, 9.17) is 4.42 Å². The molecule has 0 spiro atoms. The van der Waals surface area contributed by atoms with Gasteiger partial charge in [0.05, 0.1) is 6.26 Å². The zero-order valence-corrected chi connectivity index (χ0v) is 9.08. The number of hydrogen-bond acceptors (Lipinski definition) is 2.